The first kappa shape index (κ1) is 13.2. The maximum Gasteiger partial charge on any atom is 0.315 e. The van der Waals surface area contributed by atoms with Crippen molar-refractivity contribution in [1.29, 1.82) is 0 Å². The molecule has 0 bridgehead atoms. The molecule has 1 atom stereocenters. The summed E-state index contributed by atoms with van der Waals surface area (Å²) in [7, 11) is 1.62. The predicted molar refractivity (Wildman–Crippen MR) is 65.1 cm³/mol. The van der Waals surface area contributed by atoms with Gasteiger partial charge in [0.2, 0.25) is 0 Å². The van der Waals surface area contributed by atoms with Crippen LogP contribution in [0.2, 0.25) is 0 Å². The zero-order valence-corrected chi connectivity index (χ0v) is 10.0. The van der Waals surface area contributed by atoms with Crippen molar-refractivity contribution in [2.75, 3.05) is 7.11 Å². The SMILES string of the molecule is COC(=C1CCC1)C(C)N=CC=C(N)[N+](=O)[O-]. The molecule has 6 heteroatoms. The minimum absolute atomic E-state index is 0.133. The zero-order valence-electron chi connectivity index (χ0n) is 10.0. The van der Waals surface area contributed by atoms with Gasteiger partial charge in [-0.25, -0.2) is 0 Å². The van der Waals surface area contributed by atoms with Gasteiger partial charge in [-0.15, -0.1) is 0 Å². The average Bonchev–Trinajstić information content (AvgIpc) is 2.22. The number of aliphatic imine (C=N–C) groups is 1. The lowest BCUT2D eigenvalue weighted by molar-refractivity contribution is -0.426. The minimum atomic E-state index is -0.654. The topological polar surface area (TPSA) is 90.8 Å². The lowest BCUT2D eigenvalue weighted by atomic mass is 9.90. The van der Waals surface area contributed by atoms with Crippen LogP contribution in [0.5, 0.6) is 0 Å². The molecular weight excluding hydrogens is 222 g/mol. The van der Waals surface area contributed by atoms with Crippen molar-refractivity contribution in [2.45, 2.75) is 32.2 Å². The Morgan fingerprint density at radius 2 is 2.29 bits per heavy atom. The highest BCUT2D eigenvalue weighted by molar-refractivity contribution is 5.71. The van der Waals surface area contributed by atoms with Crippen LogP contribution in [0.25, 0.3) is 0 Å². The molecule has 1 aliphatic rings. The summed E-state index contributed by atoms with van der Waals surface area (Å²) in [4.78, 5) is 13.7. The van der Waals surface area contributed by atoms with E-state index in [2.05, 4.69) is 4.99 Å². The lowest BCUT2D eigenvalue weighted by Gasteiger charge is -2.23. The molecule has 2 N–H and O–H groups in total. The summed E-state index contributed by atoms with van der Waals surface area (Å²) in [6, 6.07) is -0.133. The van der Waals surface area contributed by atoms with Crippen LogP contribution in [-0.2, 0) is 4.74 Å². The van der Waals surface area contributed by atoms with Crippen molar-refractivity contribution in [2.24, 2.45) is 10.7 Å². The van der Waals surface area contributed by atoms with Crippen LogP contribution in [0.1, 0.15) is 26.2 Å². The standard InChI is InChI=1S/C11H17N3O3/c1-8(11(17-2)9-4-3-5-9)13-7-6-10(12)14(15)16/h6-8H,3-5,12H2,1-2H3. The first-order valence-electron chi connectivity index (χ1n) is 5.45. The third-order valence-electron chi connectivity index (χ3n) is 2.67. The Labute approximate surface area is 100 Å². The van der Waals surface area contributed by atoms with Gasteiger partial charge in [0.25, 0.3) is 0 Å². The van der Waals surface area contributed by atoms with Gasteiger partial charge in [0.1, 0.15) is 11.8 Å². The average molecular weight is 239 g/mol. The summed E-state index contributed by atoms with van der Waals surface area (Å²) in [5.74, 6) is 0.441. The van der Waals surface area contributed by atoms with Crippen molar-refractivity contribution >= 4 is 6.21 Å². The molecule has 0 aromatic heterocycles. The monoisotopic (exact) mass is 239 g/mol. The fourth-order valence-electron chi connectivity index (χ4n) is 1.59. The number of ether oxygens (including phenoxy) is 1. The van der Waals surface area contributed by atoms with Crippen molar-refractivity contribution in [3.8, 4) is 0 Å². The van der Waals surface area contributed by atoms with Crippen molar-refractivity contribution in [3.63, 3.8) is 0 Å². The van der Waals surface area contributed by atoms with Gasteiger partial charge in [-0.1, -0.05) is 0 Å². The summed E-state index contributed by atoms with van der Waals surface area (Å²) >= 11 is 0. The van der Waals surface area contributed by atoms with E-state index in [0.717, 1.165) is 18.6 Å². The molecule has 0 heterocycles. The predicted octanol–water partition coefficient (Wildman–Crippen LogP) is 1.61. The molecule has 0 radical (unpaired) electrons. The Hall–Kier alpha value is -1.85. The van der Waals surface area contributed by atoms with Gasteiger partial charge in [0, 0.05) is 12.3 Å². The van der Waals surface area contributed by atoms with E-state index in [-0.39, 0.29) is 6.04 Å². The Morgan fingerprint density at radius 3 is 2.71 bits per heavy atom. The van der Waals surface area contributed by atoms with Gasteiger partial charge in [0.05, 0.1) is 7.11 Å². The largest absolute Gasteiger partial charge is 0.499 e. The number of rotatable bonds is 5. The number of allylic oxidation sites excluding steroid dienone is 2. The Morgan fingerprint density at radius 1 is 1.65 bits per heavy atom. The van der Waals surface area contributed by atoms with Gasteiger partial charge in [-0.05, 0) is 36.7 Å². The molecule has 94 valence electrons. The first-order chi connectivity index (χ1) is 8.06. The first-order valence-corrected chi connectivity index (χ1v) is 5.45. The maximum atomic E-state index is 10.2. The van der Waals surface area contributed by atoms with Crippen LogP contribution in [0.3, 0.4) is 0 Å². The third kappa shape index (κ3) is 3.58. The fraction of sp³-hybridized carbons (Fsp3) is 0.545. The zero-order chi connectivity index (χ0) is 12.8. The second-order valence-corrected chi connectivity index (χ2v) is 3.85. The second kappa shape index (κ2) is 6.03. The van der Waals surface area contributed by atoms with Crippen LogP contribution in [-0.4, -0.2) is 24.3 Å². The van der Waals surface area contributed by atoms with Crippen molar-refractivity contribution in [3.05, 3.63) is 33.3 Å². The van der Waals surface area contributed by atoms with Crippen LogP contribution in [0.4, 0.5) is 0 Å². The molecule has 1 unspecified atom stereocenters. The van der Waals surface area contributed by atoms with E-state index in [1.54, 1.807) is 7.11 Å². The van der Waals surface area contributed by atoms with Gasteiger partial charge in [0.15, 0.2) is 0 Å². The van der Waals surface area contributed by atoms with Gasteiger partial charge >= 0.3 is 5.82 Å². The number of nitro groups is 1. The van der Waals surface area contributed by atoms with Crippen molar-refractivity contribution < 1.29 is 9.66 Å². The van der Waals surface area contributed by atoms with E-state index in [4.69, 9.17) is 10.5 Å². The third-order valence-corrected chi connectivity index (χ3v) is 2.67. The van der Waals surface area contributed by atoms with E-state index in [0.29, 0.717) is 0 Å². The molecule has 0 saturated heterocycles. The van der Waals surface area contributed by atoms with Crippen molar-refractivity contribution in [1.82, 2.24) is 0 Å². The van der Waals surface area contributed by atoms with Crippen LogP contribution < -0.4 is 5.73 Å². The van der Waals surface area contributed by atoms with Crippen LogP contribution >= 0.6 is 0 Å². The molecule has 1 rings (SSSR count). The molecule has 1 fully saturated rings. The molecule has 0 aromatic rings. The molecule has 0 aromatic carbocycles. The Bertz CT molecular complexity index is 379. The van der Waals surface area contributed by atoms with E-state index in [9.17, 15) is 10.1 Å². The molecule has 0 amide bonds. The molecule has 1 aliphatic carbocycles. The number of nitrogens with zero attached hydrogens (tertiary/aromatic N) is 2. The minimum Gasteiger partial charge on any atom is -0.499 e. The van der Waals surface area contributed by atoms with Crippen LogP contribution in [0, 0.1) is 10.1 Å². The maximum absolute atomic E-state index is 10.2. The van der Waals surface area contributed by atoms with E-state index in [1.807, 2.05) is 6.92 Å². The summed E-state index contributed by atoms with van der Waals surface area (Å²) < 4.78 is 5.30. The summed E-state index contributed by atoms with van der Waals surface area (Å²) in [6.07, 6.45) is 5.81. The van der Waals surface area contributed by atoms with E-state index >= 15 is 0 Å². The highest BCUT2D eigenvalue weighted by atomic mass is 16.6. The smallest absolute Gasteiger partial charge is 0.315 e. The molecular formula is C11H17N3O3. The van der Waals surface area contributed by atoms with E-state index in [1.165, 1.54) is 24.3 Å². The highest BCUT2D eigenvalue weighted by Gasteiger charge is 2.19. The second-order valence-electron chi connectivity index (χ2n) is 3.85. The number of hydrogen-bond acceptors (Lipinski definition) is 5. The molecule has 0 aliphatic heterocycles. The molecule has 17 heavy (non-hydrogen) atoms. The van der Waals surface area contributed by atoms with Gasteiger partial charge in [-0.3, -0.25) is 10.7 Å². The number of methoxy groups -OCH3 is 1. The fourth-order valence-corrected chi connectivity index (χ4v) is 1.59. The molecule has 0 spiro atoms. The van der Waals surface area contributed by atoms with Gasteiger partial charge < -0.3 is 14.9 Å². The number of nitrogens with two attached hydrogens (primary N) is 1. The quantitative estimate of drug-likeness (QED) is 0.341. The van der Waals surface area contributed by atoms with Crippen LogP contribution in [0.15, 0.2) is 28.2 Å². The Balaban J connectivity index is 2.65. The highest BCUT2D eigenvalue weighted by Crippen LogP contribution is 2.30. The normalized spacial score (nSPS) is 17.8. The molecule has 6 nitrogen and oxygen atoms in total. The summed E-state index contributed by atoms with van der Waals surface area (Å²) in [5, 5.41) is 10.2. The lowest BCUT2D eigenvalue weighted by Crippen LogP contribution is -2.13. The van der Waals surface area contributed by atoms with E-state index < -0.39 is 10.7 Å². The molecule has 1 saturated carbocycles. The summed E-state index contributed by atoms with van der Waals surface area (Å²) in [5.41, 5.74) is 6.42. The summed E-state index contributed by atoms with van der Waals surface area (Å²) in [6.45, 7) is 1.89. The Kier molecular flexibility index (Phi) is 4.68. The van der Waals surface area contributed by atoms with Gasteiger partial charge in [-0.2, -0.15) is 0 Å². The number of hydrogen-bond donors (Lipinski definition) is 1.